The van der Waals surface area contributed by atoms with Gasteiger partial charge in [0.15, 0.2) is 5.76 Å². The van der Waals surface area contributed by atoms with Gasteiger partial charge < -0.3 is 14.3 Å². The number of nitrogens with zero attached hydrogens (tertiary/aromatic N) is 1. The van der Waals surface area contributed by atoms with Crippen molar-refractivity contribution < 1.29 is 32.2 Å². The molecule has 1 unspecified atom stereocenters. The predicted octanol–water partition coefficient (Wildman–Crippen LogP) is 3.46. The molecule has 2 aromatic rings. The Morgan fingerprint density at radius 2 is 2.03 bits per heavy atom. The minimum Gasteiger partial charge on any atom is -0.486 e. The molecule has 1 aliphatic heterocycles. The quantitative estimate of drug-likeness (QED) is 0.811. The van der Waals surface area contributed by atoms with Gasteiger partial charge >= 0.3 is 12.1 Å². The van der Waals surface area contributed by atoms with Crippen LogP contribution in [0.4, 0.5) is 13.2 Å². The van der Waals surface area contributed by atoms with Crippen LogP contribution in [0.3, 0.4) is 0 Å². The van der Waals surface area contributed by atoms with E-state index in [0.717, 1.165) is 19.3 Å². The minimum absolute atomic E-state index is 0.00966. The Kier molecular flexibility index (Phi) is 4.57. The third kappa shape index (κ3) is 3.46. The summed E-state index contributed by atoms with van der Waals surface area (Å²) in [6.07, 6.45) is -2.76. The van der Waals surface area contributed by atoms with Gasteiger partial charge in [-0.15, -0.1) is 0 Å². The summed E-state index contributed by atoms with van der Waals surface area (Å²) in [7, 11) is 0. The zero-order valence-electron chi connectivity index (χ0n) is 15.4. The van der Waals surface area contributed by atoms with Crippen LogP contribution in [-0.2, 0) is 19.4 Å². The van der Waals surface area contributed by atoms with Gasteiger partial charge in [-0.25, -0.2) is 5.01 Å². The number of aryl methyl sites for hydroxylation is 2. The maximum atomic E-state index is 13.3. The molecule has 2 heterocycles. The maximum absolute atomic E-state index is 13.3. The number of hydrogen-bond acceptors (Lipinski definition) is 5. The number of nitrogens with one attached hydrogen (secondary N) is 1. The lowest BCUT2D eigenvalue weighted by molar-refractivity contribution is -0.299. The number of halogens is 3. The second kappa shape index (κ2) is 6.84. The molecule has 154 valence electrons. The number of alkyl halides is 3. The first-order chi connectivity index (χ1) is 13.7. The SMILES string of the molecule is C=C1CC(O)(C(F)(F)F)N(C(=O)c2ccc(COc3ccc4c(c3)CCC4)o2)N1. The number of fused-ring (bicyclic) bond motifs is 1. The molecule has 29 heavy (non-hydrogen) atoms. The monoisotopic (exact) mass is 408 g/mol. The second-order valence-corrected chi connectivity index (χ2v) is 7.19. The summed E-state index contributed by atoms with van der Waals surface area (Å²) in [6.45, 7) is 3.38. The average molecular weight is 408 g/mol. The highest BCUT2D eigenvalue weighted by molar-refractivity contribution is 5.92. The zero-order chi connectivity index (χ0) is 20.8. The fourth-order valence-corrected chi connectivity index (χ4v) is 3.59. The van der Waals surface area contributed by atoms with Crippen molar-refractivity contribution in [1.29, 1.82) is 0 Å². The van der Waals surface area contributed by atoms with Crippen LogP contribution in [0.5, 0.6) is 5.75 Å². The van der Waals surface area contributed by atoms with Gasteiger partial charge in [0.1, 0.15) is 18.1 Å². The molecule has 0 saturated carbocycles. The molecular weight excluding hydrogens is 389 g/mol. The van der Waals surface area contributed by atoms with E-state index in [1.807, 2.05) is 18.2 Å². The van der Waals surface area contributed by atoms with E-state index in [1.165, 1.54) is 23.3 Å². The molecule has 0 bridgehead atoms. The van der Waals surface area contributed by atoms with Crippen molar-refractivity contribution in [2.24, 2.45) is 0 Å². The molecule has 2 N–H and O–H groups in total. The number of amides is 1. The van der Waals surface area contributed by atoms with Crippen LogP contribution in [-0.4, -0.2) is 27.9 Å². The van der Waals surface area contributed by atoms with Crippen LogP contribution < -0.4 is 10.2 Å². The van der Waals surface area contributed by atoms with Crippen LogP contribution in [0, 0.1) is 0 Å². The van der Waals surface area contributed by atoms with Crippen molar-refractivity contribution in [3.63, 3.8) is 0 Å². The summed E-state index contributed by atoms with van der Waals surface area (Å²) in [6, 6.07) is 8.50. The fourth-order valence-electron chi connectivity index (χ4n) is 3.59. The smallest absolute Gasteiger partial charge is 0.438 e. The van der Waals surface area contributed by atoms with E-state index in [1.54, 1.807) is 0 Å². The van der Waals surface area contributed by atoms with Gasteiger partial charge in [0.2, 0.25) is 0 Å². The second-order valence-electron chi connectivity index (χ2n) is 7.19. The van der Waals surface area contributed by atoms with Gasteiger partial charge in [-0.1, -0.05) is 12.6 Å². The van der Waals surface area contributed by atoms with Crippen LogP contribution in [0.2, 0.25) is 0 Å². The van der Waals surface area contributed by atoms with Crippen LogP contribution in [0.15, 0.2) is 47.0 Å². The van der Waals surface area contributed by atoms with E-state index < -0.39 is 24.2 Å². The van der Waals surface area contributed by atoms with Crippen molar-refractivity contribution in [1.82, 2.24) is 10.4 Å². The van der Waals surface area contributed by atoms with E-state index in [4.69, 9.17) is 9.15 Å². The van der Waals surface area contributed by atoms with E-state index in [-0.39, 0.29) is 28.8 Å². The molecule has 0 spiro atoms. The number of carbonyl (C=O) groups excluding carboxylic acids is 1. The molecular formula is C20H19F3N2O4. The largest absolute Gasteiger partial charge is 0.486 e. The summed E-state index contributed by atoms with van der Waals surface area (Å²) >= 11 is 0. The van der Waals surface area contributed by atoms with E-state index in [9.17, 15) is 23.1 Å². The molecule has 1 atom stereocenters. The van der Waals surface area contributed by atoms with Crippen molar-refractivity contribution in [3.8, 4) is 5.75 Å². The molecule has 0 radical (unpaired) electrons. The Morgan fingerprint density at radius 1 is 1.28 bits per heavy atom. The molecule has 4 rings (SSSR count). The molecule has 1 amide bonds. The lowest BCUT2D eigenvalue weighted by Crippen LogP contribution is -2.59. The van der Waals surface area contributed by atoms with Gasteiger partial charge in [-0.05, 0) is 54.7 Å². The predicted molar refractivity (Wildman–Crippen MR) is 95.6 cm³/mol. The molecule has 1 aromatic heterocycles. The van der Waals surface area contributed by atoms with Crippen molar-refractivity contribution in [3.05, 3.63) is 65.3 Å². The number of hydrogen-bond donors (Lipinski definition) is 2. The Labute approximate surface area is 164 Å². The molecule has 6 nitrogen and oxygen atoms in total. The molecule has 2 aliphatic rings. The summed E-state index contributed by atoms with van der Waals surface area (Å²) < 4.78 is 50.9. The first-order valence-corrected chi connectivity index (χ1v) is 9.09. The molecule has 1 aliphatic carbocycles. The van der Waals surface area contributed by atoms with Crippen molar-refractivity contribution in [2.45, 2.75) is 44.2 Å². The van der Waals surface area contributed by atoms with Gasteiger partial charge in [0.25, 0.3) is 5.72 Å². The Bertz CT molecular complexity index is 969. The summed E-state index contributed by atoms with van der Waals surface area (Å²) in [5.41, 5.74) is 1.19. The lowest BCUT2D eigenvalue weighted by Gasteiger charge is -2.32. The fraction of sp³-hybridized carbons (Fsp3) is 0.350. The normalized spacial score (nSPS) is 21.2. The molecule has 9 heteroatoms. The summed E-state index contributed by atoms with van der Waals surface area (Å²) in [5, 5.41) is 10.1. The molecule has 1 fully saturated rings. The first kappa shape index (κ1) is 19.4. The third-order valence-electron chi connectivity index (χ3n) is 5.08. The Hall–Kier alpha value is -2.94. The lowest BCUT2D eigenvalue weighted by atomic mass is 10.1. The zero-order valence-corrected chi connectivity index (χ0v) is 15.4. The number of furan rings is 1. The maximum Gasteiger partial charge on any atom is 0.438 e. The number of aliphatic hydroxyl groups is 1. The first-order valence-electron chi connectivity index (χ1n) is 9.09. The van der Waals surface area contributed by atoms with Crippen LogP contribution in [0.1, 0.15) is 40.3 Å². The minimum atomic E-state index is -5.07. The highest BCUT2D eigenvalue weighted by atomic mass is 19.4. The average Bonchev–Trinajstić information content (AvgIpc) is 3.37. The van der Waals surface area contributed by atoms with E-state index in [0.29, 0.717) is 5.75 Å². The molecule has 1 saturated heterocycles. The third-order valence-corrected chi connectivity index (χ3v) is 5.08. The van der Waals surface area contributed by atoms with E-state index >= 15 is 0 Å². The Balaban J connectivity index is 1.46. The highest BCUT2D eigenvalue weighted by Gasteiger charge is 2.63. The number of benzene rings is 1. The standard InChI is InChI=1S/C20H19F3N2O4/c1-12-10-19(27,20(21,22)23)25(24-12)18(26)17-8-7-16(29-17)11-28-15-6-5-13-3-2-4-14(13)9-15/h5-9,24,27H,1-4,10-11H2. The number of ether oxygens (including phenoxy) is 1. The van der Waals surface area contributed by atoms with Crippen LogP contribution >= 0.6 is 0 Å². The topological polar surface area (TPSA) is 74.9 Å². The Morgan fingerprint density at radius 3 is 2.79 bits per heavy atom. The number of hydrazine groups is 1. The van der Waals surface area contributed by atoms with Crippen molar-refractivity contribution >= 4 is 5.91 Å². The van der Waals surface area contributed by atoms with Gasteiger partial charge in [-0.3, -0.25) is 10.2 Å². The van der Waals surface area contributed by atoms with Crippen molar-refractivity contribution in [2.75, 3.05) is 0 Å². The van der Waals surface area contributed by atoms with Gasteiger partial charge in [0, 0.05) is 12.1 Å². The summed E-state index contributed by atoms with van der Waals surface area (Å²) in [4.78, 5) is 12.5. The van der Waals surface area contributed by atoms with E-state index in [2.05, 4.69) is 12.0 Å². The van der Waals surface area contributed by atoms with Gasteiger partial charge in [-0.2, -0.15) is 13.2 Å². The number of rotatable bonds is 4. The highest BCUT2D eigenvalue weighted by Crippen LogP contribution is 2.41. The summed E-state index contributed by atoms with van der Waals surface area (Å²) in [5.74, 6) is -0.601. The number of carbonyl (C=O) groups is 1. The van der Waals surface area contributed by atoms with Crippen LogP contribution in [0.25, 0.3) is 0 Å². The molecule has 1 aromatic carbocycles. The van der Waals surface area contributed by atoms with Gasteiger partial charge in [0.05, 0.1) is 0 Å².